The van der Waals surface area contributed by atoms with Crippen molar-refractivity contribution in [2.24, 2.45) is 0 Å². The molecule has 2 amide bonds. The quantitative estimate of drug-likeness (QED) is 0.588. The number of quaternary nitrogens is 1. The highest BCUT2D eigenvalue weighted by Crippen LogP contribution is 2.44. The number of imide groups is 1. The number of carbonyl (C=O) groups is 2. The first-order chi connectivity index (χ1) is 8.23. The van der Waals surface area contributed by atoms with Crippen LogP contribution in [0.2, 0.25) is 0 Å². The van der Waals surface area contributed by atoms with Gasteiger partial charge in [-0.1, -0.05) is 42.1 Å². The topological polar surface area (TPSA) is 34.1 Å². The number of carbonyl (C=O) groups excluding carboxylic acids is 2. The Hall–Kier alpha value is -1.13. The minimum Gasteiger partial charge on any atom is -0.230 e. The van der Waals surface area contributed by atoms with Crippen LogP contribution < -0.4 is 0 Å². The summed E-state index contributed by atoms with van der Waals surface area (Å²) >= 11 is 1.76. The Labute approximate surface area is 104 Å². The minimum absolute atomic E-state index is 0.0717. The van der Waals surface area contributed by atoms with E-state index in [4.69, 9.17) is 0 Å². The van der Waals surface area contributed by atoms with Crippen molar-refractivity contribution in [1.29, 1.82) is 0 Å². The van der Waals surface area contributed by atoms with Gasteiger partial charge in [0.2, 0.25) is 0 Å². The van der Waals surface area contributed by atoms with Crippen LogP contribution in [0.4, 0.5) is 0 Å². The van der Waals surface area contributed by atoms with Crippen molar-refractivity contribution in [3.05, 3.63) is 35.9 Å². The Morgan fingerprint density at radius 2 is 2.12 bits per heavy atom. The van der Waals surface area contributed by atoms with Crippen molar-refractivity contribution in [3.63, 3.8) is 0 Å². The van der Waals surface area contributed by atoms with Gasteiger partial charge in [0.25, 0.3) is 0 Å². The predicted molar refractivity (Wildman–Crippen MR) is 66.2 cm³/mol. The highest BCUT2D eigenvalue weighted by Gasteiger charge is 2.63. The smallest absolute Gasteiger partial charge is 0.230 e. The zero-order valence-corrected chi connectivity index (χ0v) is 10.3. The SMILES string of the molecule is O=C(Cc1ccccc1)[N+]12CCS[C@H]1CC2=O. The van der Waals surface area contributed by atoms with Gasteiger partial charge in [0.05, 0.1) is 6.42 Å². The number of nitrogens with zero attached hydrogens (tertiary/aromatic N) is 1. The Bertz CT molecular complexity index is 474. The van der Waals surface area contributed by atoms with Gasteiger partial charge < -0.3 is 0 Å². The molecule has 0 aliphatic carbocycles. The predicted octanol–water partition coefficient (Wildman–Crippen LogP) is 1.58. The molecule has 2 fully saturated rings. The van der Waals surface area contributed by atoms with Crippen molar-refractivity contribution in [2.75, 3.05) is 12.3 Å². The molecule has 88 valence electrons. The van der Waals surface area contributed by atoms with Crippen molar-refractivity contribution in [3.8, 4) is 0 Å². The zero-order valence-electron chi connectivity index (χ0n) is 9.46. The van der Waals surface area contributed by atoms with Crippen LogP contribution in [-0.4, -0.2) is 34.0 Å². The summed E-state index contributed by atoms with van der Waals surface area (Å²) in [4.78, 5) is 24.2. The van der Waals surface area contributed by atoms with Gasteiger partial charge in [-0.25, -0.2) is 9.59 Å². The second-order valence-electron chi connectivity index (χ2n) is 4.57. The molecule has 0 radical (unpaired) electrons. The molecular formula is C13H14NO2S+. The summed E-state index contributed by atoms with van der Waals surface area (Å²) < 4.78 is 0.111. The molecule has 1 unspecified atom stereocenters. The summed E-state index contributed by atoms with van der Waals surface area (Å²) in [5.74, 6) is 1.11. The Kier molecular flexibility index (Phi) is 2.56. The van der Waals surface area contributed by atoms with Crippen LogP contribution in [0.3, 0.4) is 0 Å². The lowest BCUT2D eigenvalue weighted by molar-refractivity contribution is -0.810. The van der Waals surface area contributed by atoms with Gasteiger partial charge in [0.15, 0.2) is 5.37 Å². The lowest BCUT2D eigenvalue weighted by atomic mass is 10.0. The fourth-order valence-electron chi connectivity index (χ4n) is 2.64. The van der Waals surface area contributed by atoms with Gasteiger partial charge in [-0.05, 0) is 5.56 Å². The van der Waals surface area contributed by atoms with E-state index in [-0.39, 0.29) is 21.7 Å². The van der Waals surface area contributed by atoms with Gasteiger partial charge in [0.1, 0.15) is 13.0 Å². The van der Waals surface area contributed by atoms with E-state index in [9.17, 15) is 9.59 Å². The first-order valence-corrected chi connectivity index (χ1v) is 6.88. The van der Waals surface area contributed by atoms with Crippen LogP contribution in [-0.2, 0) is 16.0 Å². The third-order valence-corrected chi connectivity index (χ3v) is 5.01. The van der Waals surface area contributed by atoms with E-state index in [2.05, 4.69) is 0 Å². The molecule has 3 rings (SSSR count). The second kappa shape index (κ2) is 3.96. The zero-order chi connectivity index (χ0) is 11.9. The van der Waals surface area contributed by atoms with Crippen LogP contribution in [0.5, 0.6) is 0 Å². The number of hydrogen-bond acceptors (Lipinski definition) is 3. The standard InChI is InChI=1S/C13H14NO2S/c15-11(8-10-4-2-1-3-5-10)14-6-7-17-13(14)9-12(14)16/h1-5,13H,6-9H2/q+1/t13-,14?/m0/s1. The number of hydrogen-bond donors (Lipinski definition) is 0. The number of benzene rings is 1. The number of amides is 2. The highest BCUT2D eigenvalue weighted by molar-refractivity contribution is 8.00. The molecule has 2 aliphatic heterocycles. The van der Waals surface area contributed by atoms with Crippen LogP contribution in [0, 0.1) is 0 Å². The summed E-state index contributed by atoms with van der Waals surface area (Å²) in [6.07, 6.45) is 0.953. The first kappa shape index (κ1) is 11.0. The molecule has 2 aliphatic rings. The monoisotopic (exact) mass is 248 g/mol. The van der Waals surface area contributed by atoms with E-state index in [1.165, 1.54) is 0 Å². The van der Waals surface area contributed by atoms with E-state index in [0.717, 1.165) is 11.3 Å². The van der Waals surface area contributed by atoms with Crippen molar-refractivity contribution in [2.45, 2.75) is 18.2 Å². The Balaban J connectivity index is 1.81. The lowest BCUT2D eigenvalue weighted by Gasteiger charge is -2.41. The molecule has 1 aromatic rings. The summed E-state index contributed by atoms with van der Waals surface area (Å²) in [6.45, 7) is 0.694. The maximum atomic E-state index is 12.3. The van der Waals surface area contributed by atoms with Crippen molar-refractivity contribution in [1.82, 2.24) is 0 Å². The molecule has 0 aromatic heterocycles. The van der Waals surface area contributed by atoms with E-state index in [1.807, 2.05) is 30.3 Å². The third-order valence-electron chi connectivity index (χ3n) is 3.68. The first-order valence-electron chi connectivity index (χ1n) is 5.83. The average molecular weight is 248 g/mol. The maximum Gasteiger partial charge on any atom is 0.329 e. The van der Waals surface area contributed by atoms with Gasteiger partial charge >= 0.3 is 11.8 Å². The second-order valence-corrected chi connectivity index (χ2v) is 5.86. The molecule has 2 atom stereocenters. The van der Waals surface area contributed by atoms with Crippen LogP contribution >= 0.6 is 11.8 Å². The fraction of sp³-hybridized carbons (Fsp3) is 0.385. The van der Waals surface area contributed by atoms with Crippen molar-refractivity contribution >= 4 is 23.6 Å². The summed E-state index contributed by atoms with van der Waals surface area (Å²) in [6, 6.07) is 9.68. The number of β-lactam (4-membered cyclic amide) rings is 1. The van der Waals surface area contributed by atoms with E-state index >= 15 is 0 Å². The molecule has 17 heavy (non-hydrogen) atoms. The molecule has 0 spiro atoms. The molecule has 2 saturated heterocycles. The fourth-order valence-corrected chi connectivity index (χ4v) is 4.16. The number of thioether (sulfide) groups is 1. The van der Waals surface area contributed by atoms with Crippen LogP contribution in [0.15, 0.2) is 30.3 Å². The molecule has 0 bridgehead atoms. The Morgan fingerprint density at radius 3 is 2.76 bits per heavy atom. The molecular weight excluding hydrogens is 234 g/mol. The number of rotatable bonds is 2. The highest BCUT2D eigenvalue weighted by atomic mass is 32.2. The molecule has 0 saturated carbocycles. The van der Waals surface area contributed by atoms with E-state index in [1.54, 1.807) is 11.8 Å². The Morgan fingerprint density at radius 1 is 1.35 bits per heavy atom. The normalized spacial score (nSPS) is 30.8. The third kappa shape index (κ3) is 1.55. The number of fused-ring (bicyclic) bond motifs is 1. The summed E-state index contributed by atoms with van der Waals surface area (Å²) in [5.41, 5.74) is 1.00. The minimum atomic E-state index is 0.0717. The lowest BCUT2D eigenvalue weighted by Crippen LogP contribution is -2.68. The van der Waals surface area contributed by atoms with Gasteiger partial charge in [-0.15, -0.1) is 0 Å². The van der Waals surface area contributed by atoms with E-state index in [0.29, 0.717) is 19.4 Å². The largest absolute Gasteiger partial charge is 0.329 e. The average Bonchev–Trinajstić information content (AvgIpc) is 2.68. The molecule has 0 N–H and O–H groups in total. The van der Waals surface area contributed by atoms with Gasteiger partial charge in [0, 0.05) is 5.75 Å². The van der Waals surface area contributed by atoms with Crippen LogP contribution in [0.25, 0.3) is 0 Å². The van der Waals surface area contributed by atoms with Crippen molar-refractivity contribution < 1.29 is 14.1 Å². The maximum absolute atomic E-state index is 12.3. The molecule has 3 nitrogen and oxygen atoms in total. The molecule has 4 heteroatoms. The van der Waals surface area contributed by atoms with Gasteiger partial charge in [-0.2, -0.15) is 4.48 Å². The van der Waals surface area contributed by atoms with Crippen LogP contribution in [0.1, 0.15) is 12.0 Å². The van der Waals surface area contributed by atoms with E-state index < -0.39 is 0 Å². The van der Waals surface area contributed by atoms with Gasteiger partial charge in [-0.3, -0.25) is 0 Å². The summed E-state index contributed by atoms with van der Waals surface area (Å²) in [5, 5.41) is 0.207. The molecule has 1 aromatic carbocycles. The summed E-state index contributed by atoms with van der Waals surface area (Å²) in [7, 11) is 0. The molecule has 2 heterocycles.